The van der Waals surface area contributed by atoms with E-state index in [4.69, 9.17) is 23.8 Å². The third kappa shape index (κ3) is 4.36. The van der Waals surface area contributed by atoms with E-state index in [-0.39, 0.29) is 0 Å². The number of fused-ring (bicyclic) bond motifs is 7. The second-order valence-corrected chi connectivity index (χ2v) is 12.3. The monoisotopic (exact) mass is 617 g/mol. The molecule has 10 rings (SSSR count). The Kier molecular flexibility index (Phi) is 5.93. The first-order valence-electron chi connectivity index (χ1n) is 16.2. The van der Waals surface area contributed by atoms with Crippen LogP contribution in [0, 0.1) is 0 Å². The van der Waals surface area contributed by atoms with Gasteiger partial charge in [0.15, 0.2) is 17.5 Å². The molecular weight excluding hydrogens is 590 g/mol. The molecule has 9 aromatic rings. The zero-order valence-electron chi connectivity index (χ0n) is 25.9. The number of nitrogens with zero attached hydrogens (tertiary/aromatic N) is 3. The van der Waals surface area contributed by atoms with Crippen molar-refractivity contribution in [2.75, 3.05) is 0 Å². The second kappa shape index (κ2) is 10.6. The summed E-state index contributed by atoms with van der Waals surface area (Å²) in [5, 5.41) is 5.57. The van der Waals surface area contributed by atoms with E-state index >= 15 is 0 Å². The number of para-hydroxylation sites is 1. The van der Waals surface area contributed by atoms with E-state index in [1.807, 2.05) is 54.6 Å². The molecule has 0 saturated heterocycles. The van der Waals surface area contributed by atoms with Crippen LogP contribution in [0.4, 0.5) is 0 Å². The number of hydrogen-bond acceptors (Lipinski definition) is 5. The topological polar surface area (TPSA) is 65.0 Å². The van der Waals surface area contributed by atoms with Crippen LogP contribution >= 0.6 is 0 Å². The van der Waals surface area contributed by atoms with Crippen LogP contribution in [0.25, 0.3) is 89.2 Å². The maximum absolute atomic E-state index is 6.42. The lowest BCUT2D eigenvalue weighted by Crippen LogP contribution is -2.05. The zero-order valence-corrected chi connectivity index (χ0v) is 25.9. The molecule has 3 aromatic heterocycles. The van der Waals surface area contributed by atoms with Gasteiger partial charge in [-0.2, -0.15) is 0 Å². The highest BCUT2D eigenvalue weighted by atomic mass is 16.3. The lowest BCUT2D eigenvalue weighted by Gasteiger charge is -2.14. The second-order valence-electron chi connectivity index (χ2n) is 12.3. The van der Waals surface area contributed by atoms with Crippen molar-refractivity contribution in [3.05, 3.63) is 151 Å². The molecule has 0 spiro atoms. The van der Waals surface area contributed by atoms with E-state index in [2.05, 4.69) is 84.9 Å². The van der Waals surface area contributed by atoms with E-state index in [9.17, 15) is 0 Å². The Morgan fingerprint density at radius 2 is 1.19 bits per heavy atom. The van der Waals surface area contributed by atoms with Gasteiger partial charge in [0.05, 0.1) is 0 Å². The highest BCUT2D eigenvalue weighted by Gasteiger charge is 2.23. The van der Waals surface area contributed by atoms with Crippen LogP contribution in [-0.4, -0.2) is 15.0 Å². The summed E-state index contributed by atoms with van der Waals surface area (Å²) in [7, 11) is 0. The number of aromatic nitrogens is 3. The van der Waals surface area contributed by atoms with Crippen LogP contribution in [0.2, 0.25) is 0 Å². The predicted octanol–water partition coefficient (Wildman–Crippen LogP) is 11.2. The number of rotatable bonds is 4. The molecule has 3 heterocycles. The average molecular weight is 618 g/mol. The van der Waals surface area contributed by atoms with Gasteiger partial charge >= 0.3 is 0 Å². The van der Waals surface area contributed by atoms with Crippen molar-refractivity contribution >= 4 is 55.3 Å². The fourth-order valence-corrected chi connectivity index (χ4v) is 7.05. The third-order valence-electron chi connectivity index (χ3n) is 9.42. The van der Waals surface area contributed by atoms with Gasteiger partial charge in [-0.1, -0.05) is 103 Å². The van der Waals surface area contributed by atoms with Gasteiger partial charge in [-0.3, -0.25) is 0 Å². The molecule has 5 heteroatoms. The van der Waals surface area contributed by atoms with Crippen molar-refractivity contribution in [1.29, 1.82) is 0 Å². The molecular formula is C43H27N3O2. The van der Waals surface area contributed by atoms with Gasteiger partial charge in [0.2, 0.25) is 0 Å². The highest BCUT2D eigenvalue weighted by molar-refractivity contribution is 6.13. The lowest BCUT2D eigenvalue weighted by atomic mass is 9.95. The maximum atomic E-state index is 6.42. The Bertz CT molecular complexity index is 2740. The largest absolute Gasteiger partial charge is 0.460 e. The van der Waals surface area contributed by atoms with Crippen LogP contribution in [0.15, 0.2) is 142 Å². The molecule has 0 amide bonds. The molecule has 0 unspecified atom stereocenters. The van der Waals surface area contributed by atoms with Crippen LogP contribution < -0.4 is 0 Å². The van der Waals surface area contributed by atoms with E-state index in [1.54, 1.807) is 0 Å². The van der Waals surface area contributed by atoms with Crippen LogP contribution in [0.3, 0.4) is 0 Å². The minimum Gasteiger partial charge on any atom is -0.460 e. The standard InChI is InChI=1S/C43H27N3O2/c1-2-10-27(11-3-1)41-44-42(31-20-22-37-34(25-31)32-13-6-7-15-36(32)47-37)46-43(45-41)33-14-8-16-39-40(33)35-24-30(19-21-38(35)48-39)29-18-17-26-9-4-5-12-28(26)23-29/h1-19,21,23-25H,20,22H2. The molecule has 0 saturated carbocycles. The number of hydrogen-bond donors (Lipinski definition) is 0. The molecule has 0 bridgehead atoms. The van der Waals surface area contributed by atoms with Crippen LogP contribution in [0.1, 0.15) is 23.6 Å². The van der Waals surface area contributed by atoms with Crippen molar-refractivity contribution in [1.82, 2.24) is 15.0 Å². The Morgan fingerprint density at radius 1 is 0.458 bits per heavy atom. The Morgan fingerprint density at radius 3 is 2.12 bits per heavy atom. The van der Waals surface area contributed by atoms with Crippen molar-refractivity contribution in [3.8, 4) is 33.9 Å². The molecule has 0 N–H and O–H groups in total. The fraction of sp³-hybridized carbons (Fsp3) is 0.0465. The molecule has 226 valence electrons. The molecule has 6 aromatic carbocycles. The highest BCUT2D eigenvalue weighted by Crippen LogP contribution is 2.40. The number of furan rings is 2. The lowest BCUT2D eigenvalue weighted by molar-refractivity contribution is 0.547. The van der Waals surface area contributed by atoms with Gasteiger partial charge in [-0.25, -0.2) is 15.0 Å². The fourth-order valence-electron chi connectivity index (χ4n) is 7.05. The van der Waals surface area contributed by atoms with E-state index < -0.39 is 0 Å². The van der Waals surface area contributed by atoms with Crippen molar-refractivity contribution in [3.63, 3.8) is 0 Å². The minimum atomic E-state index is 0.618. The van der Waals surface area contributed by atoms with Crippen LogP contribution in [0.5, 0.6) is 0 Å². The molecule has 0 fully saturated rings. The Balaban J connectivity index is 1.17. The zero-order chi connectivity index (χ0) is 31.6. The SMILES string of the molecule is C1=C(c2nc(-c3ccccc3)nc(-c3cccc4oc5ccc(-c6ccc7ccccc7c6)cc5c34)n2)CCc2oc3ccccc3c21. The third-order valence-corrected chi connectivity index (χ3v) is 9.42. The Hall–Kier alpha value is -6.33. The van der Waals surface area contributed by atoms with E-state index in [1.165, 1.54) is 10.8 Å². The quantitative estimate of drug-likeness (QED) is 0.197. The summed E-state index contributed by atoms with van der Waals surface area (Å²) in [6, 6.07) is 45.9. The molecule has 1 aliphatic carbocycles. The number of aryl methyl sites for hydroxylation is 1. The summed E-state index contributed by atoms with van der Waals surface area (Å²) in [6.07, 6.45) is 3.76. The summed E-state index contributed by atoms with van der Waals surface area (Å²) in [6.45, 7) is 0. The van der Waals surface area contributed by atoms with Crippen molar-refractivity contribution in [2.24, 2.45) is 0 Å². The van der Waals surface area contributed by atoms with Gasteiger partial charge < -0.3 is 8.83 Å². The van der Waals surface area contributed by atoms with Gasteiger partial charge in [-0.05, 0) is 70.3 Å². The molecule has 5 nitrogen and oxygen atoms in total. The predicted molar refractivity (Wildman–Crippen MR) is 193 cm³/mol. The Labute approximate surface area is 275 Å². The average Bonchev–Trinajstić information content (AvgIpc) is 3.72. The summed E-state index contributed by atoms with van der Waals surface area (Å²) in [4.78, 5) is 15.3. The minimum absolute atomic E-state index is 0.618. The van der Waals surface area contributed by atoms with Gasteiger partial charge in [0, 0.05) is 39.3 Å². The van der Waals surface area contributed by atoms with Crippen LogP contribution in [-0.2, 0) is 6.42 Å². The number of allylic oxidation sites excluding steroid dienone is 1. The summed E-state index contributed by atoms with van der Waals surface area (Å²) < 4.78 is 12.6. The smallest absolute Gasteiger partial charge is 0.164 e. The molecule has 48 heavy (non-hydrogen) atoms. The summed E-state index contributed by atoms with van der Waals surface area (Å²) in [5.41, 5.74) is 8.85. The number of benzene rings is 6. The van der Waals surface area contributed by atoms with E-state index in [0.717, 1.165) is 84.9 Å². The first kappa shape index (κ1) is 26.8. The van der Waals surface area contributed by atoms with Crippen molar-refractivity contribution in [2.45, 2.75) is 12.8 Å². The van der Waals surface area contributed by atoms with Crippen molar-refractivity contribution < 1.29 is 8.83 Å². The normalized spacial score (nSPS) is 13.0. The van der Waals surface area contributed by atoms with Gasteiger partial charge in [0.25, 0.3) is 0 Å². The van der Waals surface area contributed by atoms with Gasteiger partial charge in [0.1, 0.15) is 22.5 Å². The molecule has 1 aliphatic rings. The molecule has 0 aliphatic heterocycles. The summed E-state index contributed by atoms with van der Waals surface area (Å²) >= 11 is 0. The molecule has 0 radical (unpaired) electrons. The van der Waals surface area contributed by atoms with Gasteiger partial charge in [-0.15, -0.1) is 0 Å². The van der Waals surface area contributed by atoms with E-state index in [0.29, 0.717) is 17.5 Å². The first-order valence-corrected chi connectivity index (χ1v) is 16.2. The summed E-state index contributed by atoms with van der Waals surface area (Å²) in [5.74, 6) is 2.94. The maximum Gasteiger partial charge on any atom is 0.164 e. The first-order chi connectivity index (χ1) is 23.7. The molecule has 0 atom stereocenters.